The summed E-state index contributed by atoms with van der Waals surface area (Å²) in [5.41, 5.74) is 3.94. The summed E-state index contributed by atoms with van der Waals surface area (Å²) < 4.78 is 0. The van der Waals surface area contributed by atoms with Crippen molar-refractivity contribution in [3.63, 3.8) is 0 Å². The van der Waals surface area contributed by atoms with Crippen LogP contribution in [0, 0.1) is 13.8 Å². The minimum absolute atomic E-state index is 0.138. The molecule has 0 aliphatic heterocycles. The largest absolute Gasteiger partial charge is 0.344 e. The number of benzene rings is 2. The van der Waals surface area contributed by atoms with Gasteiger partial charge in [-0.3, -0.25) is 9.59 Å². The first-order valence-electron chi connectivity index (χ1n) is 9.97. The van der Waals surface area contributed by atoms with Gasteiger partial charge in [0.1, 0.15) is 5.70 Å². The lowest BCUT2D eigenvalue weighted by Crippen LogP contribution is -2.37. The molecule has 0 aliphatic carbocycles. The summed E-state index contributed by atoms with van der Waals surface area (Å²) in [7, 11) is 0. The van der Waals surface area contributed by atoms with Crippen molar-refractivity contribution in [2.24, 2.45) is 0 Å². The smallest absolute Gasteiger partial charge is 0.268 e. The van der Waals surface area contributed by atoms with E-state index in [4.69, 9.17) is 0 Å². The second-order valence-corrected chi connectivity index (χ2v) is 8.17. The van der Waals surface area contributed by atoms with Crippen LogP contribution in [-0.4, -0.2) is 11.8 Å². The Kier molecular flexibility index (Phi) is 7.20. The van der Waals surface area contributed by atoms with Crippen LogP contribution in [0.15, 0.2) is 71.7 Å². The van der Waals surface area contributed by atoms with Gasteiger partial charge in [-0.05, 0) is 61.1 Å². The number of nitrogens with one attached hydrogen (secondary N) is 2. The van der Waals surface area contributed by atoms with Gasteiger partial charge in [-0.25, -0.2) is 0 Å². The molecule has 1 aromatic heterocycles. The Balaban J connectivity index is 1.85. The molecule has 3 rings (SSSR count). The van der Waals surface area contributed by atoms with E-state index in [9.17, 15) is 9.59 Å². The number of rotatable bonds is 7. The van der Waals surface area contributed by atoms with Gasteiger partial charge in [-0.15, -0.1) is 11.3 Å². The summed E-state index contributed by atoms with van der Waals surface area (Å²) in [6.07, 6.45) is 2.47. The van der Waals surface area contributed by atoms with Crippen LogP contribution in [-0.2, 0) is 4.79 Å². The van der Waals surface area contributed by atoms with Crippen molar-refractivity contribution in [2.45, 2.75) is 33.2 Å². The van der Waals surface area contributed by atoms with E-state index in [0.29, 0.717) is 5.56 Å². The molecule has 0 bridgehead atoms. The number of hydrogen-bond donors (Lipinski definition) is 2. The Morgan fingerprint density at radius 3 is 2.50 bits per heavy atom. The van der Waals surface area contributed by atoms with Crippen LogP contribution in [0.1, 0.15) is 51.3 Å². The molecule has 30 heavy (non-hydrogen) atoms. The van der Waals surface area contributed by atoms with Crippen molar-refractivity contribution in [3.05, 3.63) is 98.9 Å². The highest BCUT2D eigenvalue weighted by Gasteiger charge is 2.20. The van der Waals surface area contributed by atoms with Crippen LogP contribution in [0.4, 0.5) is 0 Å². The summed E-state index contributed by atoms with van der Waals surface area (Å²) in [4.78, 5) is 26.9. The lowest BCUT2D eigenvalue weighted by molar-refractivity contribution is -0.118. The predicted octanol–water partition coefficient (Wildman–Crippen LogP) is 5.40. The van der Waals surface area contributed by atoms with Crippen LogP contribution >= 0.6 is 11.3 Å². The van der Waals surface area contributed by atoms with Crippen LogP contribution in [0.25, 0.3) is 6.08 Å². The SMILES string of the molecule is CCC(NC(=O)/C(=C/c1cccs1)NC(=O)c1cccc(C)c1)c1ccccc1C. The highest BCUT2D eigenvalue weighted by molar-refractivity contribution is 7.10. The number of amides is 2. The summed E-state index contributed by atoms with van der Waals surface area (Å²) in [6, 6.07) is 19.0. The van der Waals surface area contributed by atoms with Crippen LogP contribution in [0.2, 0.25) is 0 Å². The molecule has 4 nitrogen and oxygen atoms in total. The van der Waals surface area contributed by atoms with Crippen molar-refractivity contribution in [1.82, 2.24) is 10.6 Å². The van der Waals surface area contributed by atoms with E-state index in [1.54, 1.807) is 18.2 Å². The van der Waals surface area contributed by atoms with Crippen molar-refractivity contribution < 1.29 is 9.59 Å². The molecule has 1 unspecified atom stereocenters. The standard InChI is InChI=1S/C25H26N2O2S/c1-4-22(21-13-6-5-10-18(21)3)26-25(29)23(16-20-12-8-14-30-20)27-24(28)19-11-7-9-17(2)15-19/h5-16,22H,4H2,1-3H3,(H,26,29)(H,27,28)/b23-16-. The molecule has 2 aromatic carbocycles. The maximum atomic E-state index is 13.2. The van der Waals surface area contributed by atoms with E-state index >= 15 is 0 Å². The lowest BCUT2D eigenvalue weighted by atomic mass is 9.99. The van der Waals surface area contributed by atoms with E-state index in [-0.39, 0.29) is 23.6 Å². The molecule has 0 fully saturated rings. The molecule has 0 saturated heterocycles. The summed E-state index contributed by atoms with van der Waals surface area (Å²) in [6.45, 7) is 6.00. The van der Waals surface area contributed by atoms with Gasteiger partial charge >= 0.3 is 0 Å². The summed E-state index contributed by atoms with van der Waals surface area (Å²) >= 11 is 1.51. The molecule has 0 radical (unpaired) electrons. The molecule has 154 valence electrons. The van der Waals surface area contributed by atoms with E-state index < -0.39 is 0 Å². The monoisotopic (exact) mass is 418 g/mol. The van der Waals surface area contributed by atoms with Gasteiger partial charge in [0, 0.05) is 10.4 Å². The first-order chi connectivity index (χ1) is 14.5. The number of carbonyl (C=O) groups is 2. The Morgan fingerprint density at radius 1 is 1.03 bits per heavy atom. The summed E-state index contributed by atoms with van der Waals surface area (Å²) in [5.74, 6) is -0.611. The Bertz CT molecular complexity index is 1050. The maximum absolute atomic E-state index is 13.2. The highest BCUT2D eigenvalue weighted by atomic mass is 32.1. The molecule has 0 aliphatic rings. The fourth-order valence-electron chi connectivity index (χ4n) is 3.27. The molecule has 1 heterocycles. The number of carbonyl (C=O) groups excluding carboxylic acids is 2. The number of aryl methyl sites for hydroxylation is 2. The van der Waals surface area contributed by atoms with Crippen molar-refractivity contribution in [3.8, 4) is 0 Å². The average Bonchev–Trinajstić information content (AvgIpc) is 3.25. The second kappa shape index (κ2) is 10.0. The van der Waals surface area contributed by atoms with Gasteiger partial charge in [0.05, 0.1) is 6.04 Å². The molecule has 2 N–H and O–H groups in total. The minimum atomic E-state index is -0.306. The minimum Gasteiger partial charge on any atom is -0.344 e. The van der Waals surface area contributed by atoms with E-state index in [2.05, 4.69) is 10.6 Å². The lowest BCUT2D eigenvalue weighted by Gasteiger charge is -2.20. The maximum Gasteiger partial charge on any atom is 0.268 e. The molecular formula is C25H26N2O2S. The van der Waals surface area contributed by atoms with E-state index in [1.807, 2.05) is 74.7 Å². The van der Waals surface area contributed by atoms with Crippen molar-refractivity contribution >= 4 is 29.2 Å². The second-order valence-electron chi connectivity index (χ2n) is 7.19. The quantitative estimate of drug-likeness (QED) is 0.505. The molecule has 2 amide bonds. The first kappa shape index (κ1) is 21.5. The van der Waals surface area contributed by atoms with Crippen LogP contribution in [0.5, 0.6) is 0 Å². The van der Waals surface area contributed by atoms with Gasteiger partial charge < -0.3 is 10.6 Å². The normalized spacial score (nSPS) is 12.3. The third-order valence-electron chi connectivity index (χ3n) is 4.88. The van der Waals surface area contributed by atoms with Gasteiger partial charge in [0.15, 0.2) is 0 Å². The molecule has 0 spiro atoms. The number of thiophene rings is 1. The van der Waals surface area contributed by atoms with Crippen molar-refractivity contribution in [1.29, 1.82) is 0 Å². The average molecular weight is 419 g/mol. The highest BCUT2D eigenvalue weighted by Crippen LogP contribution is 2.21. The molecule has 3 aromatic rings. The van der Waals surface area contributed by atoms with Gasteiger partial charge in [-0.2, -0.15) is 0 Å². The first-order valence-corrected chi connectivity index (χ1v) is 10.9. The van der Waals surface area contributed by atoms with E-state index in [1.165, 1.54) is 11.3 Å². The fourth-order valence-corrected chi connectivity index (χ4v) is 3.93. The van der Waals surface area contributed by atoms with Crippen LogP contribution in [0.3, 0.4) is 0 Å². The predicted molar refractivity (Wildman–Crippen MR) is 123 cm³/mol. The third-order valence-corrected chi connectivity index (χ3v) is 5.70. The molecule has 5 heteroatoms. The number of hydrogen-bond acceptors (Lipinski definition) is 3. The zero-order chi connectivity index (χ0) is 21.5. The third kappa shape index (κ3) is 5.45. The zero-order valence-corrected chi connectivity index (χ0v) is 18.3. The zero-order valence-electron chi connectivity index (χ0n) is 17.4. The summed E-state index contributed by atoms with van der Waals surface area (Å²) in [5, 5.41) is 7.83. The Labute approximate surface area is 181 Å². The Morgan fingerprint density at radius 2 is 1.83 bits per heavy atom. The topological polar surface area (TPSA) is 58.2 Å². The van der Waals surface area contributed by atoms with Gasteiger partial charge in [-0.1, -0.05) is 55.0 Å². The molecular weight excluding hydrogens is 392 g/mol. The molecule has 1 atom stereocenters. The molecule has 0 saturated carbocycles. The van der Waals surface area contributed by atoms with Gasteiger partial charge in [0.25, 0.3) is 11.8 Å². The van der Waals surface area contributed by atoms with Crippen molar-refractivity contribution in [2.75, 3.05) is 0 Å². The van der Waals surface area contributed by atoms with E-state index in [0.717, 1.165) is 28.0 Å². The Hall–Kier alpha value is -3.18. The fraction of sp³-hybridized carbons (Fsp3) is 0.200. The van der Waals surface area contributed by atoms with Crippen LogP contribution < -0.4 is 10.6 Å². The van der Waals surface area contributed by atoms with Gasteiger partial charge in [0.2, 0.25) is 0 Å².